The molecular weight excluding hydrogens is 540 g/mol. The first-order valence-electron chi connectivity index (χ1n) is 13.0. The van der Waals surface area contributed by atoms with Crippen LogP contribution in [0.1, 0.15) is 54.7 Å². The lowest BCUT2D eigenvalue weighted by atomic mass is 9.95. The zero-order valence-electron chi connectivity index (χ0n) is 23.0. The largest absolute Gasteiger partial charge is 0.494 e. The van der Waals surface area contributed by atoms with Crippen LogP contribution in [0.25, 0.3) is 11.3 Å². The van der Waals surface area contributed by atoms with E-state index in [1.54, 1.807) is 43.6 Å². The molecule has 3 heterocycles. The number of pyridine rings is 1. The average Bonchev–Trinajstić information content (AvgIpc) is 3.58. The highest BCUT2D eigenvalue weighted by molar-refractivity contribution is 7.80. The summed E-state index contributed by atoms with van der Waals surface area (Å²) in [6, 6.07) is 20.7. The van der Waals surface area contributed by atoms with Gasteiger partial charge in [0.25, 0.3) is 0 Å². The number of hydrogen-bond donors (Lipinski definition) is 3. The average molecular weight is 571 g/mol. The van der Waals surface area contributed by atoms with Gasteiger partial charge in [0.15, 0.2) is 5.11 Å². The topological polar surface area (TPSA) is 117 Å². The molecule has 1 fully saturated rings. The van der Waals surface area contributed by atoms with Gasteiger partial charge in [0.2, 0.25) is 5.91 Å². The Labute approximate surface area is 243 Å². The Morgan fingerprint density at radius 3 is 2.46 bits per heavy atom. The number of nitrogens with zero attached hydrogens (tertiary/aromatic N) is 2. The van der Waals surface area contributed by atoms with Crippen molar-refractivity contribution in [1.82, 2.24) is 10.3 Å². The zero-order valence-corrected chi connectivity index (χ0v) is 23.9. The molecule has 9 nitrogen and oxygen atoms in total. The van der Waals surface area contributed by atoms with Gasteiger partial charge in [-0.05, 0) is 60.7 Å². The van der Waals surface area contributed by atoms with Crippen LogP contribution in [0, 0.1) is 5.41 Å². The van der Waals surface area contributed by atoms with Crippen LogP contribution < -0.4 is 20.3 Å². The van der Waals surface area contributed by atoms with Crippen molar-refractivity contribution in [3.8, 4) is 17.1 Å². The van der Waals surface area contributed by atoms with Gasteiger partial charge in [-0.2, -0.15) is 0 Å². The molecule has 1 aliphatic heterocycles. The summed E-state index contributed by atoms with van der Waals surface area (Å²) in [4.78, 5) is 30.4. The zero-order chi connectivity index (χ0) is 29.3. The number of carboxylic acids is 1. The van der Waals surface area contributed by atoms with Crippen LogP contribution in [0.4, 0.5) is 11.4 Å². The van der Waals surface area contributed by atoms with Gasteiger partial charge >= 0.3 is 5.97 Å². The van der Waals surface area contributed by atoms with Crippen molar-refractivity contribution in [2.24, 2.45) is 5.41 Å². The maximum atomic E-state index is 12.6. The minimum Gasteiger partial charge on any atom is -0.494 e. The molecule has 1 saturated heterocycles. The van der Waals surface area contributed by atoms with Gasteiger partial charge in [0.1, 0.15) is 23.3 Å². The highest BCUT2D eigenvalue weighted by Gasteiger charge is 2.43. The number of methoxy groups -OCH3 is 1. The predicted octanol–water partition coefficient (Wildman–Crippen LogP) is 6.21. The van der Waals surface area contributed by atoms with Gasteiger partial charge in [0, 0.05) is 28.9 Å². The molecule has 5 rings (SSSR count). The van der Waals surface area contributed by atoms with Crippen molar-refractivity contribution < 1.29 is 23.8 Å². The molecule has 2 aromatic carbocycles. The highest BCUT2D eigenvalue weighted by Crippen LogP contribution is 2.44. The van der Waals surface area contributed by atoms with E-state index in [0.29, 0.717) is 28.1 Å². The molecule has 41 heavy (non-hydrogen) atoms. The van der Waals surface area contributed by atoms with E-state index >= 15 is 0 Å². The van der Waals surface area contributed by atoms with Gasteiger partial charge in [-0.25, -0.2) is 4.79 Å². The Kier molecular flexibility index (Phi) is 7.51. The second-order valence-corrected chi connectivity index (χ2v) is 11.1. The van der Waals surface area contributed by atoms with Crippen molar-refractivity contribution in [3.63, 3.8) is 0 Å². The fourth-order valence-electron chi connectivity index (χ4n) is 4.61. The normalized spacial score (nSPS) is 16.8. The first kappa shape index (κ1) is 27.9. The lowest BCUT2D eigenvalue weighted by Gasteiger charge is -2.27. The van der Waals surface area contributed by atoms with Crippen LogP contribution in [-0.2, 0) is 4.79 Å². The molecule has 3 N–H and O–H groups in total. The van der Waals surface area contributed by atoms with E-state index in [1.807, 2.05) is 68.1 Å². The monoisotopic (exact) mass is 570 g/mol. The summed E-state index contributed by atoms with van der Waals surface area (Å²) >= 11 is 5.83. The van der Waals surface area contributed by atoms with Crippen molar-refractivity contribution in [3.05, 3.63) is 96.0 Å². The molecule has 2 unspecified atom stereocenters. The van der Waals surface area contributed by atoms with Crippen LogP contribution in [-0.4, -0.2) is 34.2 Å². The number of anilines is 2. The fourth-order valence-corrected chi connectivity index (χ4v) is 4.95. The van der Waals surface area contributed by atoms with Gasteiger partial charge in [-0.15, -0.1) is 0 Å². The number of carbonyl (C=O) groups is 2. The van der Waals surface area contributed by atoms with E-state index in [0.717, 1.165) is 16.9 Å². The first-order chi connectivity index (χ1) is 19.6. The summed E-state index contributed by atoms with van der Waals surface area (Å²) < 4.78 is 12.0. The number of hydrogen-bond acceptors (Lipinski definition) is 6. The molecule has 1 aliphatic rings. The summed E-state index contributed by atoms with van der Waals surface area (Å²) in [6.07, 6.45) is 1.73. The van der Waals surface area contributed by atoms with E-state index in [4.69, 9.17) is 21.4 Å². The number of nitrogens with one attached hydrogen (secondary N) is 2. The van der Waals surface area contributed by atoms with Gasteiger partial charge in [0.05, 0.1) is 30.1 Å². The Balaban J connectivity index is 1.54. The second-order valence-electron chi connectivity index (χ2n) is 10.7. The number of aromatic nitrogens is 1. The van der Waals surface area contributed by atoms with E-state index in [2.05, 4.69) is 15.6 Å². The smallest absolute Gasteiger partial charge is 0.335 e. The van der Waals surface area contributed by atoms with Crippen molar-refractivity contribution >= 4 is 40.6 Å². The third-order valence-corrected chi connectivity index (χ3v) is 7.14. The molecular formula is C31H30N4O5S. The van der Waals surface area contributed by atoms with E-state index in [-0.39, 0.29) is 17.5 Å². The van der Waals surface area contributed by atoms with Crippen LogP contribution >= 0.6 is 12.2 Å². The summed E-state index contributed by atoms with van der Waals surface area (Å²) in [5.74, 6) is 0.591. The number of aromatic carboxylic acids is 1. The number of thiocarbonyl (C=S) groups is 1. The highest BCUT2D eigenvalue weighted by atomic mass is 32.1. The molecule has 10 heteroatoms. The standard InChI is InChI=1S/C31H30N4O5S/c1-31(2,3)29(38)33-21-13-12-20(17-25(21)39-4)35-27(26(34-30(35)41)22-7-5-6-16-32-22)24-15-14-23(40-24)18-8-10-19(11-9-18)28(36)37/h5-17,26-27H,1-4H3,(H,33,38)(H,34,41)(H,36,37). The van der Waals surface area contributed by atoms with Crippen LogP contribution in [0.5, 0.6) is 5.75 Å². The number of ether oxygens (including phenoxy) is 1. The number of rotatable bonds is 7. The fraction of sp³-hybridized carbons (Fsp3) is 0.226. The number of furan rings is 1. The first-order valence-corrected chi connectivity index (χ1v) is 13.4. The lowest BCUT2D eigenvalue weighted by Crippen LogP contribution is -2.30. The van der Waals surface area contributed by atoms with Crippen molar-refractivity contribution in [1.29, 1.82) is 0 Å². The summed E-state index contributed by atoms with van der Waals surface area (Å²) in [7, 11) is 1.55. The molecule has 4 aromatic rings. The van der Waals surface area contributed by atoms with Crippen LogP contribution in [0.3, 0.4) is 0 Å². The van der Waals surface area contributed by atoms with Gasteiger partial charge in [-0.1, -0.05) is 39.0 Å². The second kappa shape index (κ2) is 11.1. The Morgan fingerprint density at radius 1 is 1.07 bits per heavy atom. The quantitative estimate of drug-likeness (QED) is 0.223. The van der Waals surface area contributed by atoms with Gasteiger partial charge in [-0.3, -0.25) is 9.78 Å². The minimum absolute atomic E-state index is 0.130. The maximum absolute atomic E-state index is 12.6. The lowest BCUT2D eigenvalue weighted by molar-refractivity contribution is -0.123. The Bertz CT molecular complexity index is 1590. The number of amides is 1. The summed E-state index contributed by atoms with van der Waals surface area (Å²) in [6.45, 7) is 5.54. The molecule has 0 spiro atoms. The number of carboxylic acid groups (broad SMARTS) is 1. The van der Waals surface area contributed by atoms with Gasteiger partial charge < -0.3 is 29.8 Å². The summed E-state index contributed by atoms with van der Waals surface area (Å²) in [5.41, 5.74) is 2.44. The third-order valence-electron chi connectivity index (χ3n) is 6.83. The van der Waals surface area contributed by atoms with E-state index in [1.165, 1.54) is 0 Å². The molecule has 210 valence electrons. The SMILES string of the molecule is COc1cc(N2C(=S)NC(c3ccccn3)C2c2ccc(-c3ccc(C(=O)O)cc3)o2)ccc1NC(=O)C(C)(C)C. The minimum atomic E-state index is -0.990. The van der Waals surface area contributed by atoms with E-state index in [9.17, 15) is 14.7 Å². The molecule has 0 bridgehead atoms. The maximum Gasteiger partial charge on any atom is 0.335 e. The molecule has 0 aliphatic carbocycles. The van der Waals surface area contributed by atoms with Crippen molar-refractivity contribution in [2.45, 2.75) is 32.9 Å². The van der Waals surface area contributed by atoms with E-state index < -0.39 is 17.4 Å². The number of benzene rings is 2. The Morgan fingerprint density at radius 2 is 1.83 bits per heavy atom. The summed E-state index contributed by atoms with van der Waals surface area (Å²) in [5, 5.41) is 16.1. The molecule has 2 aromatic heterocycles. The molecule has 2 atom stereocenters. The molecule has 0 radical (unpaired) electrons. The van der Waals surface area contributed by atoms with Crippen molar-refractivity contribution in [2.75, 3.05) is 17.3 Å². The number of carbonyl (C=O) groups excluding carboxylic acids is 1. The van der Waals surface area contributed by atoms with Crippen LogP contribution in [0.15, 0.2) is 83.4 Å². The Hall–Kier alpha value is -4.70. The third kappa shape index (κ3) is 5.64. The molecule has 1 amide bonds. The molecule has 0 saturated carbocycles. The van der Waals surface area contributed by atoms with Crippen LogP contribution in [0.2, 0.25) is 0 Å². The predicted molar refractivity (Wildman–Crippen MR) is 160 cm³/mol.